The molecule has 88 valence electrons. The number of hydrogen-bond donors (Lipinski definition) is 0. The van der Waals surface area contributed by atoms with Crippen LogP contribution in [0.1, 0.15) is 18.4 Å². The third-order valence-electron chi connectivity index (χ3n) is 3.17. The van der Waals surface area contributed by atoms with Gasteiger partial charge in [0.1, 0.15) is 11.6 Å². The maximum atomic E-state index is 13.3. The number of anilines is 1. The van der Waals surface area contributed by atoms with E-state index in [1.807, 2.05) is 19.0 Å². The number of benzene rings is 1. The first kappa shape index (κ1) is 11.6. The Morgan fingerprint density at radius 3 is 2.53 bits per heavy atom. The second kappa shape index (κ2) is 3.85. The zero-order valence-corrected chi connectivity index (χ0v) is 9.83. The molecule has 1 aliphatic carbocycles. The molecule has 0 radical (unpaired) electrons. The molecule has 0 N–H and O–H groups in total. The van der Waals surface area contributed by atoms with Crippen LogP contribution in [0.4, 0.5) is 10.1 Å². The van der Waals surface area contributed by atoms with Crippen LogP contribution in [0.3, 0.4) is 0 Å². The van der Waals surface area contributed by atoms with E-state index in [-0.39, 0.29) is 24.4 Å². The van der Waals surface area contributed by atoms with Gasteiger partial charge in [-0.15, -0.1) is 0 Å². The quantitative estimate of drug-likeness (QED) is 0.783. The van der Waals surface area contributed by atoms with Gasteiger partial charge in [-0.25, -0.2) is 4.39 Å². The smallest absolute Gasteiger partial charge is 0.136 e. The normalized spacial score (nSPS) is 17.2. The number of nitriles is 1. The molecule has 1 fully saturated rings. The monoisotopic (exact) mass is 232 g/mol. The number of halogens is 1. The summed E-state index contributed by atoms with van der Waals surface area (Å²) in [7, 11) is 3.67. The first-order chi connectivity index (χ1) is 7.98. The fourth-order valence-electron chi connectivity index (χ4n) is 2.23. The second-order valence-corrected chi connectivity index (χ2v) is 4.64. The minimum absolute atomic E-state index is 0.0560. The lowest BCUT2D eigenvalue weighted by Gasteiger charge is -2.36. The molecule has 4 heteroatoms. The van der Waals surface area contributed by atoms with Gasteiger partial charge in [-0.1, -0.05) is 0 Å². The minimum Gasteiger partial charge on any atom is -0.377 e. The summed E-state index contributed by atoms with van der Waals surface area (Å²) in [5.74, 6) is -0.319. The SMILES string of the molecule is CN(C)c1ccc(F)cc1C1(C#N)CC(=O)C1. The third kappa shape index (κ3) is 1.78. The molecule has 3 nitrogen and oxygen atoms in total. The van der Waals surface area contributed by atoms with Crippen LogP contribution in [0.15, 0.2) is 18.2 Å². The van der Waals surface area contributed by atoms with Gasteiger partial charge in [0, 0.05) is 32.6 Å². The molecule has 1 aliphatic rings. The molecule has 0 unspecified atom stereocenters. The zero-order valence-electron chi connectivity index (χ0n) is 9.83. The summed E-state index contributed by atoms with van der Waals surface area (Å²) >= 11 is 0. The summed E-state index contributed by atoms with van der Waals surface area (Å²) < 4.78 is 13.3. The lowest BCUT2D eigenvalue weighted by Crippen LogP contribution is -2.41. The van der Waals surface area contributed by atoms with E-state index in [0.717, 1.165) is 5.69 Å². The summed E-state index contributed by atoms with van der Waals surface area (Å²) in [6.07, 6.45) is 0.377. The van der Waals surface area contributed by atoms with Crippen molar-refractivity contribution in [1.29, 1.82) is 5.26 Å². The summed E-state index contributed by atoms with van der Waals surface area (Å²) in [6.45, 7) is 0. The number of hydrogen-bond acceptors (Lipinski definition) is 3. The van der Waals surface area contributed by atoms with E-state index in [0.29, 0.717) is 5.56 Å². The van der Waals surface area contributed by atoms with Gasteiger partial charge < -0.3 is 4.90 Å². The maximum Gasteiger partial charge on any atom is 0.136 e. The van der Waals surface area contributed by atoms with Crippen LogP contribution in [0.5, 0.6) is 0 Å². The summed E-state index contributed by atoms with van der Waals surface area (Å²) in [6, 6.07) is 6.55. The molecule has 0 aliphatic heterocycles. The molecule has 17 heavy (non-hydrogen) atoms. The van der Waals surface area contributed by atoms with Gasteiger partial charge in [-0.2, -0.15) is 5.26 Å². The van der Waals surface area contributed by atoms with E-state index in [1.165, 1.54) is 12.1 Å². The highest BCUT2D eigenvalue weighted by Gasteiger charge is 2.47. The van der Waals surface area contributed by atoms with Crippen molar-refractivity contribution in [3.8, 4) is 6.07 Å². The fraction of sp³-hybridized carbons (Fsp3) is 0.385. The lowest BCUT2D eigenvalue weighted by molar-refractivity contribution is -0.126. The molecule has 0 bridgehead atoms. The molecular formula is C13H13FN2O. The van der Waals surface area contributed by atoms with Gasteiger partial charge in [0.05, 0.1) is 11.5 Å². The van der Waals surface area contributed by atoms with Crippen LogP contribution in [0.25, 0.3) is 0 Å². The highest BCUT2D eigenvalue weighted by Crippen LogP contribution is 2.44. The fourth-order valence-corrected chi connectivity index (χ4v) is 2.23. The Balaban J connectivity index is 2.54. The molecule has 1 aromatic carbocycles. The molecule has 1 aromatic rings. The van der Waals surface area contributed by atoms with E-state index in [1.54, 1.807) is 6.07 Å². The molecule has 0 amide bonds. The summed E-state index contributed by atoms with van der Waals surface area (Å²) in [5, 5.41) is 9.26. The molecule has 1 saturated carbocycles. The highest BCUT2D eigenvalue weighted by molar-refractivity contribution is 5.91. The zero-order chi connectivity index (χ0) is 12.6. The van der Waals surface area contributed by atoms with Crippen LogP contribution in [0, 0.1) is 17.1 Å². The number of rotatable bonds is 2. The first-order valence-corrected chi connectivity index (χ1v) is 5.39. The Labute approximate surface area is 99.5 Å². The molecule has 0 saturated heterocycles. The molecule has 0 atom stereocenters. The van der Waals surface area contributed by atoms with Crippen molar-refractivity contribution in [2.24, 2.45) is 0 Å². The molecular weight excluding hydrogens is 219 g/mol. The van der Waals surface area contributed by atoms with E-state index in [9.17, 15) is 14.4 Å². The Bertz CT molecular complexity index is 509. The van der Waals surface area contributed by atoms with Crippen molar-refractivity contribution in [2.75, 3.05) is 19.0 Å². The molecule has 0 spiro atoms. The van der Waals surface area contributed by atoms with Gasteiger partial charge in [0.15, 0.2) is 0 Å². The van der Waals surface area contributed by atoms with Crippen molar-refractivity contribution >= 4 is 11.5 Å². The van der Waals surface area contributed by atoms with E-state index in [2.05, 4.69) is 6.07 Å². The predicted molar refractivity (Wildman–Crippen MR) is 62.3 cm³/mol. The molecule has 0 aromatic heterocycles. The van der Waals surface area contributed by atoms with Crippen molar-refractivity contribution in [3.63, 3.8) is 0 Å². The van der Waals surface area contributed by atoms with Gasteiger partial charge in [0.25, 0.3) is 0 Å². The van der Waals surface area contributed by atoms with Crippen LogP contribution in [-0.4, -0.2) is 19.9 Å². The number of carbonyl (C=O) groups excluding carboxylic acids is 1. The van der Waals surface area contributed by atoms with E-state index < -0.39 is 5.41 Å². The van der Waals surface area contributed by atoms with Crippen LogP contribution >= 0.6 is 0 Å². The predicted octanol–water partition coefficient (Wildman–Crippen LogP) is 2.02. The van der Waals surface area contributed by atoms with Gasteiger partial charge in [-0.05, 0) is 23.8 Å². The number of Topliss-reactive ketones (excluding diaryl/α,β-unsaturated/α-hetero) is 1. The largest absolute Gasteiger partial charge is 0.377 e. The minimum atomic E-state index is -0.835. The number of nitrogens with zero attached hydrogens (tertiary/aromatic N) is 2. The van der Waals surface area contributed by atoms with Crippen molar-refractivity contribution in [3.05, 3.63) is 29.6 Å². The van der Waals surface area contributed by atoms with Crippen LogP contribution in [0.2, 0.25) is 0 Å². The Morgan fingerprint density at radius 2 is 2.06 bits per heavy atom. The second-order valence-electron chi connectivity index (χ2n) is 4.64. The highest BCUT2D eigenvalue weighted by atomic mass is 19.1. The maximum absolute atomic E-state index is 13.3. The average Bonchev–Trinajstić information content (AvgIpc) is 2.24. The average molecular weight is 232 g/mol. The Hall–Kier alpha value is -1.89. The Morgan fingerprint density at radius 1 is 1.41 bits per heavy atom. The number of ketones is 1. The molecule has 0 heterocycles. The van der Waals surface area contributed by atoms with Crippen molar-refractivity contribution in [2.45, 2.75) is 18.3 Å². The van der Waals surface area contributed by atoms with E-state index in [4.69, 9.17) is 0 Å². The van der Waals surface area contributed by atoms with Crippen molar-refractivity contribution < 1.29 is 9.18 Å². The summed E-state index contributed by atoms with van der Waals surface area (Å²) in [5.41, 5.74) is 0.573. The first-order valence-electron chi connectivity index (χ1n) is 5.39. The molecule has 2 rings (SSSR count). The van der Waals surface area contributed by atoms with E-state index >= 15 is 0 Å². The standard InChI is InChI=1S/C13H13FN2O/c1-16(2)12-4-3-9(14)5-11(12)13(8-15)6-10(17)7-13/h3-5H,6-7H2,1-2H3. The van der Waals surface area contributed by atoms with Crippen molar-refractivity contribution in [1.82, 2.24) is 0 Å². The lowest BCUT2D eigenvalue weighted by atomic mass is 9.64. The number of carbonyl (C=O) groups is 1. The van der Waals surface area contributed by atoms with Gasteiger partial charge in [-0.3, -0.25) is 4.79 Å². The third-order valence-corrected chi connectivity index (χ3v) is 3.17. The van der Waals surface area contributed by atoms with Gasteiger partial charge in [0.2, 0.25) is 0 Å². The topological polar surface area (TPSA) is 44.1 Å². The van der Waals surface area contributed by atoms with Crippen LogP contribution in [-0.2, 0) is 10.2 Å². The summed E-state index contributed by atoms with van der Waals surface area (Å²) in [4.78, 5) is 13.0. The Kier molecular flexibility index (Phi) is 2.62. The van der Waals surface area contributed by atoms with Crippen LogP contribution < -0.4 is 4.90 Å². The van der Waals surface area contributed by atoms with Gasteiger partial charge >= 0.3 is 0 Å².